The monoisotopic (exact) mass is 362 g/mol. The van der Waals surface area contributed by atoms with Crippen LogP contribution in [0.1, 0.15) is 6.42 Å². The number of hydrogen-bond donors (Lipinski definition) is 2. The summed E-state index contributed by atoms with van der Waals surface area (Å²) in [6.45, 7) is 2.56. The van der Waals surface area contributed by atoms with Gasteiger partial charge in [-0.25, -0.2) is 9.59 Å². The predicted molar refractivity (Wildman–Crippen MR) is 65.3 cm³/mol. The van der Waals surface area contributed by atoms with Gasteiger partial charge in [-0.05, 0) is 6.42 Å². The van der Waals surface area contributed by atoms with E-state index in [1.807, 2.05) is 0 Å². The van der Waals surface area contributed by atoms with Gasteiger partial charge in [-0.1, -0.05) is 6.08 Å². The van der Waals surface area contributed by atoms with E-state index in [2.05, 4.69) is 16.6 Å². The lowest BCUT2D eigenvalue weighted by atomic mass is 9.84. The first-order chi connectivity index (χ1) is 10.8. The second-order valence-electron chi connectivity index (χ2n) is 4.95. The highest BCUT2D eigenvalue weighted by Crippen LogP contribution is 2.30. The molecule has 0 radical (unpaired) electrons. The maximum atomic E-state index is 12.4. The molecule has 0 aromatic rings. The van der Waals surface area contributed by atoms with Crippen molar-refractivity contribution in [1.29, 1.82) is 0 Å². The molecule has 1 aliphatic rings. The normalized spacial score (nSPS) is 24.3. The standard InChI is InChI=1S/C12H12F6N2O4/c1-2-3-6-4-19-5-10(6,20-7(21)11(13,14)15)8(22)24-9(23)12(16,17)18/h2,6,19H,1,3-5H2,(H,20,21)/t6-,10-/m0/s1. The summed E-state index contributed by atoms with van der Waals surface area (Å²) in [5.74, 6) is -8.46. The van der Waals surface area contributed by atoms with E-state index in [0.717, 1.165) is 0 Å². The molecule has 2 N–H and O–H groups in total. The third-order valence-corrected chi connectivity index (χ3v) is 3.32. The highest BCUT2D eigenvalue weighted by molar-refractivity contribution is 5.97. The molecule has 0 spiro atoms. The molecule has 136 valence electrons. The van der Waals surface area contributed by atoms with Gasteiger partial charge < -0.3 is 15.4 Å². The maximum Gasteiger partial charge on any atom is 0.491 e. The summed E-state index contributed by atoms with van der Waals surface area (Å²) in [6.07, 6.45) is -9.83. The van der Waals surface area contributed by atoms with Crippen molar-refractivity contribution in [3.63, 3.8) is 0 Å². The van der Waals surface area contributed by atoms with E-state index < -0.39 is 48.2 Å². The Labute approximate surface area is 131 Å². The Balaban J connectivity index is 3.14. The molecule has 0 unspecified atom stereocenters. The zero-order valence-corrected chi connectivity index (χ0v) is 11.9. The van der Waals surface area contributed by atoms with Gasteiger partial charge in [-0.15, -0.1) is 6.58 Å². The largest absolute Gasteiger partial charge is 0.491 e. The van der Waals surface area contributed by atoms with Crippen molar-refractivity contribution < 1.29 is 45.5 Å². The van der Waals surface area contributed by atoms with E-state index in [4.69, 9.17) is 0 Å². The topological polar surface area (TPSA) is 84.5 Å². The van der Waals surface area contributed by atoms with Crippen LogP contribution in [0.2, 0.25) is 0 Å². The third kappa shape index (κ3) is 4.24. The number of carbonyl (C=O) groups excluding carboxylic acids is 3. The zero-order chi connectivity index (χ0) is 18.8. The summed E-state index contributed by atoms with van der Waals surface area (Å²) >= 11 is 0. The SMILES string of the molecule is C=CC[C@H]1CNC[C@@]1(NC(=O)C(F)(F)F)C(=O)OC(=O)C(F)(F)F. The molecule has 0 saturated carbocycles. The molecule has 6 nitrogen and oxygen atoms in total. The predicted octanol–water partition coefficient (Wildman–Crippen LogP) is 0.831. The second-order valence-corrected chi connectivity index (χ2v) is 4.95. The number of esters is 2. The molecule has 0 bridgehead atoms. The van der Waals surface area contributed by atoms with Crippen molar-refractivity contribution in [2.24, 2.45) is 5.92 Å². The van der Waals surface area contributed by atoms with E-state index in [9.17, 15) is 40.7 Å². The average Bonchev–Trinajstić information content (AvgIpc) is 2.81. The van der Waals surface area contributed by atoms with E-state index in [-0.39, 0.29) is 13.0 Å². The average molecular weight is 362 g/mol. The minimum atomic E-state index is -5.52. The fourth-order valence-corrected chi connectivity index (χ4v) is 2.19. The molecule has 2 atom stereocenters. The van der Waals surface area contributed by atoms with Crippen molar-refractivity contribution in [2.75, 3.05) is 13.1 Å². The first kappa shape index (κ1) is 19.9. The van der Waals surface area contributed by atoms with Gasteiger partial charge in [0.25, 0.3) is 0 Å². The van der Waals surface area contributed by atoms with Crippen LogP contribution in [0.3, 0.4) is 0 Å². The number of alkyl halides is 6. The Kier molecular flexibility index (Phi) is 5.64. The van der Waals surface area contributed by atoms with Crippen molar-refractivity contribution >= 4 is 17.8 Å². The molecule has 1 saturated heterocycles. The van der Waals surface area contributed by atoms with Gasteiger partial charge in [0.15, 0.2) is 5.54 Å². The zero-order valence-electron chi connectivity index (χ0n) is 11.9. The number of nitrogens with one attached hydrogen (secondary N) is 2. The number of halogens is 6. The van der Waals surface area contributed by atoms with E-state index in [1.165, 1.54) is 11.4 Å². The minimum absolute atomic E-state index is 0.112. The first-order valence-corrected chi connectivity index (χ1v) is 6.39. The fourth-order valence-electron chi connectivity index (χ4n) is 2.19. The number of amides is 1. The van der Waals surface area contributed by atoms with Crippen molar-refractivity contribution in [2.45, 2.75) is 24.3 Å². The van der Waals surface area contributed by atoms with Gasteiger partial charge in [0, 0.05) is 19.0 Å². The summed E-state index contributed by atoms with van der Waals surface area (Å²) in [4.78, 5) is 33.9. The van der Waals surface area contributed by atoms with E-state index in [0.29, 0.717) is 0 Å². The summed E-state index contributed by atoms with van der Waals surface area (Å²) in [5.41, 5.74) is -2.48. The molecule has 0 aromatic heterocycles. The van der Waals surface area contributed by atoms with Crippen molar-refractivity contribution in [3.05, 3.63) is 12.7 Å². The van der Waals surface area contributed by atoms with Gasteiger partial charge in [0.05, 0.1) is 0 Å². The van der Waals surface area contributed by atoms with Crippen LogP contribution in [0.15, 0.2) is 12.7 Å². The lowest BCUT2D eigenvalue weighted by molar-refractivity contribution is -0.205. The van der Waals surface area contributed by atoms with Crippen molar-refractivity contribution in [3.8, 4) is 0 Å². The molecular formula is C12H12F6N2O4. The van der Waals surface area contributed by atoms with Gasteiger partial charge in [0.1, 0.15) is 0 Å². The Morgan fingerprint density at radius 1 is 1.21 bits per heavy atom. The summed E-state index contributed by atoms with van der Waals surface area (Å²) in [7, 11) is 0. The lowest BCUT2D eigenvalue weighted by Gasteiger charge is -2.32. The van der Waals surface area contributed by atoms with Gasteiger partial charge in [-0.2, -0.15) is 26.3 Å². The molecule has 0 aromatic carbocycles. The number of rotatable bonds is 4. The molecule has 1 rings (SSSR count). The van der Waals surface area contributed by atoms with Crippen molar-refractivity contribution in [1.82, 2.24) is 10.6 Å². The highest BCUT2D eigenvalue weighted by Gasteiger charge is 2.56. The van der Waals surface area contributed by atoms with Crippen LogP contribution < -0.4 is 10.6 Å². The van der Waals surface area contributed by atoms with Crippen LogP contribution in [0.4, 0.5) is 26.3 Å². The Hall–Kier alpha value is -2.11. The summed E-state index contributed by atoms with van der Waals surface area (Å²) in [6, 6.07) is 0. The Morgan fingerprint density at radius 3 is 2.25 bits per heavy atom. The minimum Gasteiger partial charge on any atom is -0.385 e. The number of ether oxygens (including phenoxy) is 1. The Bertz CT molecular complexity index is 545. The van der Waals surface area contributed by atoms with Gasteiger partial charge >= 0.3 is 30.2 Å². The molecule has 1 fully saturated rings. The number of hydrogen-bond acceptors (Lipinski definition) is 5. The van der Waals surface area contributed by atoms with Crippen LogP contribution in [-0.2, 0) is 19.1 Å². The van der Waals surface area contributed by atoms with Crippen LogP contribution in [0, 0.1) is 5.92 Å². The highest BCUT2D eigenvalue weighted by atomic mass is 19.4. The summed E-state index contributed by atoms with van der Waals surface area (Å²) in [5, 5.41) is 3.83. The molecule has 1 aliphatic heterocycles. The molecule has 1 heterocycles. The lowest BCUT2D eigenvalue weighted by Crippen LogP contribution is -2.63. The van der Waals surface area contributed by atoms with E-state index >= 15 is 0 Å². The maximum absolute atomic E-state index is 12.4. The third-order valence-electron chi connectivity index (χ3n) is 3.32. The smallest absolute Gasteiger partial charge is 0.385 e. The Morgan fingerprint density at radius 2 is 1.79 bits per heavy atom. The second kappa shape index (κ2) is 6.79. The van der Waals surface area contributed by atoms with Crippen LogP contribution in [0.5, 0.6) is 0 Å². The van der Waals surface area contributed by atoms with Crippen LogP contribution in [-0.4, -0.2) is 48.8 Å². The summed E-state index contributed by atoms with van der Waals surface area (Å²) < 4.78 is 77.6. The first-order valence-electron chi connectivity index (χ1n) is 6.39. The van der Waals surface area contributed by atoms with Crippen LogP contribution >= 0.6 is 0 Å². The molecule has 1 amide bonds. The quantitative estimate of drug-likeness (QED) is 0.335. The number of allylic oxidation sites excluding steroid dienone is 1. The molecule has 0 aliphatic carbocycles. The number of carbonyl (C=O) groups is 3. The van der Waals surface area contributed by atoms with Gasteiger partial charge in [-0.3, -0.25) is 4.79 Å². The van der Waals surface area contributed by atoms with Gasteiger partial charge in [0.2, 0.25) is 0 Å². The molecule has 24 heavy (non-hydrogen) atoms. The van der Waals surface area contributed by atoms with Crippen LogP contribution in [0.25, 0.3) is 0 Å². The fraction of sp³-hybridized carbons (Fsp3) is 0.583. The van der Waals surface area contributed by atoms with E-state index in [1.54, 1.807) is 0 Å². The molecule has 12 heteroatoms. The molecular weight excluding hydrogens is 350 g/mol.